The van der Waals surface area contributed by atoms with E-state index in [-0.39, 0.29) is 37.0 Å². The van der Waals surface area contributed by atoms with Gasteiger partial charge in [0.2, 0.25) is 5.91 Å². The van der Waals surface area contributed by atoms with Gasteiger partial charge in [-0.1, -0.05) is 44.2 Å². The van der Waals surface area contributed by atoms with Crippen molar-refractivity contribution in [2.45, 2.75) is 77.4 Å². The van der Waals surface area contributed by atoms with Crippen molar-refractivity contribution < 1.29 is 43.6 Å². The molecule has 6 unspecified atom stereocenters. The van der Waals surface area contributed by atoms with Crippen molar-refractivity contribution in [2.24, 2.45) is 22.7 Å². The van der Waals surface area contributed by atoms with Crippen LogP contribution in [0.15, 0.2) is 71.7 Å². The topological polar surface area (TPSA) is 158 Å². The highest BCUT2D eigenvalue weighted by Crippen LogP contribution is 2.61. The second kappa shape index (κ2) is 14.9. The molecular formula is C39H52N4O9. The highest BCUT2D eigenvalue weighted by Gasteiger charge is 2.59. The van der Waals surface area contributed by atoms with Crippen LogP contribution in [-0.4, -0.2) is 126 Å². The number of fused-ring (bicyclic) bond motifs is 2. The van der Waals surface area contributed by atoms with Crippen LogP contribution in [0.2, 0.25) is 0 Å². The van der Waals surface area contributed by atoms with Crippen LogP contribution < -0.4 is 5.32 Å². The van der Waals surface area contributed by atoms with Crippen LogP contribution in [0.4, 0.5) is 0 Å². The van der Waals surface area contributed by atoms with Gasteiger partial charge < -0.3 is 29.3 Å². The number of hydrogen-bond acceptors (Lipinski definition) is 11. The van der Waals surface area contributed by atoms with Crippen molar-refractivity contribution in [3.8, 4) is 0 Å². The minimum Gasteiger partial charge on any atom is -0.464 e. The summed E-state index contributed by atoms with van der Waals surface area (Å²) in [5.41, 5.74) is 0.655. The molecule has 0 spiro atoms. The van der Waals surface area contributed by atoms with Crippen LogP contribution in [0, 0.1) is 22.7 Å². The molecular weight excluding hydrogens is 668 g/mol. The second-order valence-corrected chi connectivity index (χ2v) is 15.3. The highest BCUT2D eigenvalue weighted by atomic mass is 16.5. The number of rotatable bonds is 9. The average Bonchev–Trinajstić information content (AvgIpc) is 3.60. The summed E-state index contributed by atoms with van der Waals surface area (Å²) in [6.07, 6.45) is 12.9. The Kier molecular flexibility index (Phi) is 10.8. The summed E-state index contributed by atoms with van der Waals surface area (Å²) in [4.78, 5) is 57.0. The first-order valence-corrected chi connectivity index (χ1v) is 18.3. The summed E-state index contributed by atoms with van der Waals surface area (Å²) in [7, 11) is 1.69. The Hall–Kier alpha value is -3.88. The Morgan fingerprint density at radius 3 is 2.65 bits per heavy atom. The van der Waals surface area contributed by atoms with Gasteiger partial charge in [-0.2, -0.15) is 0 Å². The first kappa shape index (κ1) is 37.9. The number of carbonyl (C=O) groups is 4. The first-order chi connectivity index (χ1) is 24.7. The third-order valence-electron chi connectivity index (χ3n) is 12.2. The maximum absolute atomic E-state index is 13.4. The van der Waals surface area contributed by atoms with Crippen molar-refractivity contribution in [1.82, 2.24) is 20.0 Å². The Morgan fingerprint density at radius 2 is 1.96 bits per heavy atom. The molecule has 2 amide bonds. The second-order valence-electron chi connectivity index (χ2n) is 15.3. The lowest BCUT2D eigenvalue weighted by atomic mass is 9.45. The highest BCUT2D eigenvalue weighted by molar-refractivity contribution is 6.04. The van der Waals surface area contributed by atoms with Crippen LogP contribution in [0.25, 0.3) is 0 Å². The number of cyclic esters (lactones) is 1. The molecule has 52 heavy (non-hydrogen) atoms. The molecule has 282 valence electrons. The SMILES string of the molecule is C=C1C(NC(C)C(=O)N2CCOCC2)CC2[C@](C)(CC[C@@H](O)[C@@]2(C)CO)C1/C=C/C1=CC(=C\C2=CN3C(=O)C(C(=O)OCC)N(C)C3C=C2)/OC1=O. The number of nitrogens with zero attached hydrogens (tertiary/aromatic N) is 3. The number of ether oxygens (including phenoxy) is 3. The molecule has 0 aromatic carbocycles. The van der Waals surface area contributed by atoms with Crippen molar-refractivity contribution in [3.05, 3.63) is 71.7 Å². The number of aliphatic hydroxyl groups excluding tert-OH is 2. The largest absolute Gasteiger partial charge is 0.464 e. The molecule has 2 saturated heterocycles. The normalized spacial score (nSPS) is 36.4. The van der Waals surface area contributed by atoms with Crippen molar-refractivity contribution in [2.75, 3.05) is 46.6 Å². The molecule has 3 N–H and O–H groups in total. The molecule has 0 radical (unpaired) electrons. The molecule has 4 aliphatic heterocycles. The van der Waals surface area contributed by atoms with Crippen LogP contribution in [0.1, 0.15) is 47.0 Å². The smallest absolute Gasteiger partial charge is 0.343 e. The predicted molar refractivity (Wildman–Crippen MR) is 191 cm³/mol. The third kappa shape index (κ3) is 6.73. The van der Waals surface area contributed by atoms with Gasteiger partial charge in [-0.05, 0) is 75.3 Å². The van der Waals surface area contributed by atoms with Gasteiger partial charge in [0.15, 0.2) is 6.04 Å². The van der Waals surface area contributed by atoms with Gasteiger partial charge in [0, 0.05) is 36.7 Å². The number of nitrogens with one attached hydrogen (secondary N) is 1. The Labute approximate surface area is 305 Å². The standard InChI is InChI=1S/C39H52N4O9/c1-7-51-37(49)33-35(47)43-21-25(8-11-32(43)41(33)6)18-27-19-26(36(48)52-27)9-10-28-23(2)29(40-24(3)34(46)42-14-16-50-17-15-42)20-30-38(28,4)13-12-31(45)39(30,5)22-44/h8-11,18-19,21,24,28-33,40,44-45H,2,7,12-17,20,22H2,1,3-6H3/b10-9+,27-18+/t24?,28?,29?,30?,31-,32?,33?,38-,39+/m1/s1. The summed E-state index contributed by atoms with van der Waals surface area (Å²) in [6, 6.07) is -1.82. The fraction of sp³-hybridized carbons (Fsp3) is 0.590. The zero-order valence-corrected chi connectivity index (χ0v) is 30.7. The number of amides is 2. The Balaban J connectivity index is 1.24. The van der Waals surface area contributed by atoms with Crippen LogP contribution in [0.5, 0.6) is 0 Å². The van der Waals surface area contributed by atoms with E-state index < -0.39 is 53.0 Å². The molecule has 9 atom stereocenters. The molecule has 6 rings (SSSR count). The molecule has 0 aromatic heterocycles. The summed E-state index contributed by atoms with van der Waals surface area (Å²) < 4.78 is 16.1. The van der Waals surface area contributed by atoms with E-state index in [1.165, 1.54) is 4.90 Å². The summed E-state index contributed by atoms with van der Waals surface area (Å²) in [5, 5.41) is 25.4. The molecule has 4 fully saturated rings. The van der Waals surface area contributed by atoms with Gasteiger partial charge in [-0.25, -0.2) is 9.59 Å². The fourth-order valence-corrected chi connectivity index (χ4v) is 9.14. The Bertz CT molecular complexity index is 1640. The van der Waals surface area contributed by atoms with Gasteiger partial charge in [-0.3, -0.25) is 24.7 Å². The molecule has 13 nitrogen and oxygen atoms in total. The lowest BCUT2D eigenvalue weighted by Gasteiger charge is -2.61. The summed E-state index contributed by atoms with van der Waals surface area (Å²) in [5.74, 6) is -1.60. The minimum atomic E-state index is -1.04. The molecule has 13 heteroatoms. The van der Waals surface area contributed by atoms with E-state index in [9.17, 15) is 29.4 Å². The number of likely N-dealkylation sites (N-methyl/N-ethyl adjacent to an activating group) is 1. The molecule has 0 aromatic rings. The van der Waals surface area contributed by atoms with Gasteiger partial charge in [0.1, 0.15) is 11.9 Å². The van der Waals surface area contributed by atoms with E-state index in [0.29, 0.717) is 62.5 Å². The number of esters is 2. The number of carbonyl (C=O) groups excluding carboxylic acids is 4. The first-order valence-electron chi connectivity index (χ1n) is 18.3. The third-order valence-corrected chi connectivity index (χ3v) is 12.2. The minimum absolute atomic E-state index is 0.0123. The zero-order valence-electron chi connectivity index (χ0n) is 30.7. The molecule has 4 heterocycles. The monoisotopic (exact) mass is 720 g/mol. The van der Waals surface area contributed by atoms with E-state index in [0.717, 1.165) is 5.57 Å². The average molecular weight is 721 g/mol. The maximum atomic E-state index is 13.4. The van der Waals surface area contributed by atoms with E-state index in [1.807, 2.05) is 26.0 Å². The van der Waals surface area contributed by atoms with Crippen LogP contribution in [0.3, 0.4) is 0 Å². The van der Waals surface area contributed by atoms with Crippen LogP contribution in [-0.2, 0) is 33.4 Å². The Morgan fingerprint density at radius 1 is 1.23 bits per heavy atom. The lowest BCUT2D eigenvalue weighted by Crippen LogP contribution is -2.62. The van der Waals surface area contributed by atoms with E-state index in [1.54, 1.807) is 54.3 Å². The quantitative estimate of drug-likeness (QED) is 0.182. The van der Waals surface area contributed by atoms with E-state index >= 15 is 0 Å². The number of morpholine rings is 1. The van der Waals surface area contributed by atoms with Crippen molar-refractivity contribution in [1.29, 1.82) is 0 Å². The van der Waals surface area contributed by atoms with Gasteiger partial charge >= 0.3 is 11.9 Å². The summed E-state index contributed by atoms with van der Waals surface area (Å²) in [6.45, 7) is 14.3. The zero-order chi connectivity index (χ0) is 37.5. The molecule has 6 aliphatic rings. The maximum Gasteiger partial charge on any atom is 0.343 e. The number of aliphatic hydroxyl groups is 2. The summed E-state index contributed by atoms with van der Waals surface area (Å²) >= 11 is 0. The lowest BCUT2D eigenvalue weighted by molar-refractivity contribution is -0.151. The number of allylic oxidation sites excluding steroid dienone is 5. The molecule has 0 bridgehead atoms. The van der Waals surface area contributed by atoms with Gasteiger partial charge in [-0.15, -0.1) is 0 Å². The van der Waals surface area contributed by atoms with Gasteiger partial charge in [0.25, 0.3) is 5.91 Å². The predicted octanol–water partition coefficient (Wildman–Crippen LogP) is 1.95. The fourth-order valence-electron chi connectivity index (χ4n) is 9.14. The van der Waals surface area contributed by atoms with Crippen LogP contribution >= 0.6 is 0 Å². The van der Waals surface area contributed by atoms with E-state index in [2.05, 4.69) is 18.8 Å². The molecule has 2 saturated carbocycles. The van der Waals surface area contributed by atoms with Gasteiger partial charge in [0.05, 0.1) is 44.1 Å². The van der Waals surface area contributed by atoms with Crippen molar-refractivity contribution >= 4 is 23.8 Å². The van der Waals surface area contributed by atoms with E-state index in [4.69, 9.17) is 14.2 Å². The number of hydrogen-bond donors (Lipinski definition) is 3. The van der Waals surface area contributed by atoms with Crippen molar-refractivity contribution in [3.63, 3.8) is 0 Å². The molecule has 2 aliphatic carbocycles.